The average molecular weight is 469 g/mol. The number of hydrogen-bond acceptors (Lipinski definition) is 7. The Balaban J connectivity index is 1.35. The minimum Gasteiger partial charge on any atom is -0.354 e. The molecule has 0 N–H and O–H groups in total. The maximum atomic E-state index is 12.9. The average Bonchev–Trinajstić information content (AvgIpc) is 3.35. The van der Waals surface area contributed by atoms with E-state index in [1.165, 1.54) is 11.9 Å². The molecule has 2 saturated heterocycles. The summed E-state index contributed by atoms with van der Waals surface area (Å²) in [6, 6.07) is 1.60. The van der Waals surface area contributed by atoms with E-state index in [2.05, 4.69) is 24.9 Å². The van der Waals surface area contributed by atoms with Crippen molar-refractivity contribution < 1.29 is 13.2 Å². The SMILES string of the molecule is Cn1cc(CN2CC[C@@H]3CN(c4ncnc5sc(CC(F)(F)F)cc45)C[C@]3(S)C2)cn1. The molecule has 3 aromatic rings. The van der Waals surface area contributed by atoms with Crippen LogP contribution < -0.4 is 4.90 Å². The van der Waals surface area contributed by atoms with Crippen LogP contribution in [0.15, 0.2) is 24.8 Å². The van der Waals surface area contributed by atoms with Crippen LogP contribution in [0.3, 0.4) is 0 Å². The van der Waals surface area contributed by atoms with Crippen LogP contribution in [0.2, 0.25) is 0 Å². The van der Waals surface area contributed by atoms with Gasteiger partial charge < -0.3 is 4.90 Å². The van der Waals surface area contributed by atoms with E-state index in [0.29, 0.717) is 22.7 Å². The van der Waals surface area contributed by atoms with Crippen LogP contribution in [0.1, 0.15) is 16.9 Å². The van der Waals surface area contributed by atoms with Crippen LogP contribution in [-0.4, -0.2) is 61.8 Å². The van der Waals surface area contributed by atoms with Crippen LogP contribution in [0.5, 0.6) is 0 Å². The number of thiophene rings is 1. The Kier molecular flexibility index (Phi) is 5.17. The topological polar surface area (TPSA) is 50.1 Å². The highest BCUT2D eigenvalue weighted by Gasteiger charge is 2.48. The zero-order valence-corrected chi connectivity index (χ0v) is 18.7. The molecule has 3 aromatic heterocycles. The van der Waals surface area contributed by atoms with Gasteiger partial charge in [0.15, 0.2) is 0 Å². The highest BCUT2D eigenvalue weighted by atomic mass is 32.1. The summed E-state index contributed by atoms with van der Waals surface area (Å²) < 4.78 is 40.2. The summed E-state index contributed by atoms with van der Waals surface area (Å²) in [5, 5.41) is 4.95. The molecule has 5 heterocycles. The third-order valence-electron chi connectivity index (χ3n) is 6.15. The molecule has 0 saturated carbocycles. The first-order chi connectivity index (χ1) is 14.7. The van der Waals surface area contributed by atoms with Crippen molar-refractivity contribution in [2.45, 2.75) is 30.3 Å². The molecule has 0 spiro atoms. The predicted molar refractivity (Wildman–Crippen MR) is 118 cm³/mol. The molecule has 2 fully saturated rings. The van der Waals surface area contributed by atoms with Crippen LogP contribution in [-0.2, 0) is 20.0 Å². The van der Waals surface area contributed by atoms with Gasteiger partial charge in [0.1, 0.15) is 17.0 Å². The number of anilines is 1. The fourth-order valence-corrected chi connectivity index (χ4v) is 6.44. The Hall–Kier alpha value is -1.85. The maximum absolute atomic E-state index is 12.9. The second-order valence-electron chi connectivity index (χ2n) is 8.62. The first-order valence-electron chi connectivity index (χ1n) is 10.2. The van der Waals surface area contributed by atoms with Crippen molar-refractivity contribution in [3.8, 4) is 0 Å². The summed E-state index contributed by atoms with van der Waals surface area (Å²) >= 11 is 6.20. The van der Waals surface area contributed by atoms with Gasteiger partial charge in [-0.15, -0.1) is 11.3 Å². The Bertz CT molecular complexity index is 1100. The molecule has 5 rings (SSSR count). The highest BCUT2D eigenvalue weighted by molar-refractivity contribution is 7.82. The van der Waals surface area contributed by atoms with Gasteiger partial charge in [-0.05, 0) is 24.9 Å². The number of rotatable bonds is 4. The van der Waals surface area contributed by atoms with Crippen LogP contribution in [0, 0.1) is 5.92 Å². The van der Waals surface area contributed by atoms with Gasteiger partial charge in [0.2, 0.25) is 0 Å². The standard InChI is InChI=1S/C20H23F3N6S2/c1-27-7-13(6-26-27)8-28-3-2-14-9-29(11-19(14,30)10-28)17-16-4-15(5-20(21,22)23)31-18(16)25-12-24-17/h4,6-7,12,14,30H,2-3,5,8-11H2,1H3/t14-,19-/m1/s1. The summed E-state index contributed by atoms with van der Waals surface area (Å²) in [6.45, 7) is 4.19. The zero-order valence-electron chi connectivity index (χ0n) is 17.0. The third-order valence-corrected chi connectivity index (χ3v) is 7.85. The molecule has 0 radical (unpaired) electrons. The number of piperidine rings is 1. The van der Waals surface area contributed by atoms with Gasteiger partial charge in [-0.3, -0.25) is 9.58 Å². The Morgan fingerprint density at radius 2 is 2.13 bits per heavy atom. The molecule has 6 nitrogen and oxygen atoms in total. The van der Waals surface area contributed by atoms with Crippen molar-refractivity contribution in [2.75, 3.05) is 31.1 Å². The lowest BCUT2D eigenvalue weighted by molar-refractivity contribution is -0.126. The lowest BCUT2D eigenvalue weighted by Gasteiger charge is -2.40. The Morgan fingerprint density at radius 3 is 2.87 bits per heavy atom. The monoisotopic (exact) mass is 468 g/mol. The number of nitrogens with zero attached hydrogens (tertiary/aromatic N) is 6. The van der Waals surface area contributed by atoms with Crippen molar-refractivity contribution in [2.24, 2.45) is 13.0 Å². The second-order valence-corrected chi connectivity index (χ2v) is 10.6. The van der Waals surface area contributed by atoms with Gasteiger partial charge in [-0.1, -0.05) is 0 Å². The zero-order chi connectivity index (χ0) is 21.8. The van der Waals surface area contributed by atoms with Crippen LogP contribution >= 0.6 is 24.0 Å². The fraction of sp³-hybridized carbons (Fsp3) is 0.550. The van der Waals surface area contributed by atoms with Gasteiger partial charge in [0.05, 0.1) is 18.0 Å². The quantitative estimate of drug-likeness (QED) is 0.594. The molecule has 166 valence electrons. The third kappa shape index (κ3) is 4.27. The summed E-state index contributed by atoms with van der Waals surface area (Å²) in [5.41, 5.74) is 1.18. The molecule has 0 aromatic carbocycles. The van der Waals surface area contributed by atoms with Crippen molar-refractivity contribution in [3.63, 3.8) is 0 Å². The normalized spacial score (nSPS) is 24.8. The summed E-state index contributed by atoms with van der Waals surface area (Å²) in [4.78, 5) is 14.1. The van der Waals surface area contributed by atoms with Crippen molar-refractivity contribution in [3.05, 3.63) is 35.2 Å². The molecule has 2 atom stereocenters. The van der Waals surface area contributed by atoms with E-state index in [-0.39, 0.29) is 9.62 Å². The van der Waals surface area contributed by atoms with E-state index in [4.69, 9.17) is 12.6 Å². The lowest BCUT2D eigenvalue weighted by atomic mass is 9.87. The van der Waals surface area contributed by atoms with Crippen molar-refractivity contribution in [1.82, 2.24) is 24.6 Å². The Morgan fingerprint density at radius 1 is 1.29 bits per heavy atom. The van der Waals surface area contributed by atoms with Gasteiger partial charge >= 0.3 is 6.18 Å². The highest BCUT2D eigenvalue weighted by Crippen LogP contribution is 2.43. The number of hydrogen-bond donors (Lipinski definition) is 1. The lowest BCUT2D eigenvalue weighted by Crippen LogP contribution is -2.50. The summed E-state index contributed by atoms with van der Waals surface area (Å²) in [7, 11) is 1.91. The molecule has 0 unspecified atom stereocenters. The van der Waals surface area contributed by atoms with Gasteiger partial charge in [-0.2, -0.15) is 30.9 Å². The molecule has 2 aliphatic rings. The van der Waals surface area contributed by atoms with E-state index in [0.717, 1.165) is 49.8 Å². The molecule has 11 heteroatoms. The number of alkyl halides is 3. The van der Waals surface area contributed by atoms with Gasteiger partial charge in [0, 0.05) is 54.6 Å². The number of fused-ring (bicyclic) bond motifs is 2. The summed E-state index contributed by atoms with van der Waals surface area (Å²) in [6.07, 6.45) is 1.24. The van der Waals surface area contributed by atoms with E-state index in [1.807, 2.05) is 24.1 Å². The second kappa shape index (κ2) is 7.63. The number of aromatic nitrogens is 4. The van der Waals surface area contributed by atoms with Gasteiger partial charge in [-0.25, -0.2) is 9.97 Å². The Labute approximate surface area is 187 Å². The van der Waals surface area contributed by atoms with Crippen LogP contribution in [0.25, 0.3) is 10.2 Å². The molecular formula is C20H23F3N6S2. The fourth-order valence-electron chi connectivity index (χ4n) is 4.84. The molecule has 0 bridgehead atoms. The van der Waals surface area contributed by atoms with Crippen LogP contribution in [0.4, 0.5) is 19.0 Å². The molecule has 2 aliphatic heterocycles. The smallest absolute Gasteiger partial charge is 0.354 e. The van der Waals surface area contributed by atoms with Gasteiger partial charge in [0.25, 0.3) is 0 Å². The molecule has 0 amide bonds. The molecular weight excluding hydrogens is 445 g/mol. The maximum Gasteiger partial charge on any atom is 0.393 e. The first-order valence-corrected chi connectivity index (χ1v) is 11.4. The number of aryl methyl sites for hydroxylation is 1. The summed E-state index contributed by atoms with van der Waals surface area (Å²) in [5.74, 6) is 1.12. The number of thiol groups is 1. The van der Waals surface area contributed by atoms with Crippen molar-refractivity contribution >= 4 is 40.0 Å². The van der Waals surface area contributed by atoms with E-state index >= 15 is 0 Å². The largest absolute Gasteiger partial charge is 0.393 e. The van der Waals surface area contributed by atoms with E-state index in [9.17, 15) is 13.2 Å². The van der Waals surface area contributed by atoms with E-state index in [1.54, 1.807) is 6.07 Å². The number of halogens is 3. The minimum absolute atomic E-state index is 0.192. The van der Waals surface area contributed by atoms with Crippen molar-refractivity contribution in [1.29, 1.82) is 0 Å². The minimum atomic E-state index is -4.23. The number of likely N-dealkylation sites (tertiary alicyclic amines) is 1. The van der Waals surface area contributed by atoms with E-state index < -0.39 is 12.6 Å². The molecule has 0 aliphatic carbocycles. The first kappa shape index (κ1) is 21.0. The molecule has 31 heavy (non-hydrogen) atoms. The predicted octanol–water partition coefficient (Wildman–Crippen LogP) is 3.54.